The third-order valence-corrected chi connectivity index (χ3v) is 8.64. The Hall–Kier alpha value is -5.27. The number of nitrogens with one attached hydrogen (secondary N) is 2. The Balaban J connectivity index is 1.33. The molecule has 0 aliphatic carbocycles. The van der Waals surface area contributed by atoms with Gasteiger partial charge >= 0.3 is 0 Å². The minimum Gasteiger partial charge on any atom is -0.496 e. The van der Waals surface area contributed by atoms with E-state index in [-0.39, 0.29) is 23.5 Å². The van der Waals surface area contributed by atoms with Crippen LogP contribution in [0.3, 0.4) is 0 Å². The third-order valence-electron chi connectivity index (χ3n) is 6.81. The minimum absolute atomic E-state index is 0.0217. The highest BCUT2D eigenvalue weighted by atomic mass is 79.9. The van der Waals surface area contributed by atoms with Crippen molar-refractivity contribution in [2.45, 2.75) is 16.6 Å². The van der Waals surface area contributed by atoms with E-state index < -0.39 is 33.8 Å². The molecule has 4 aromatic rings. The number of rotatable bonds is 10. The molecule has 0 unspecified atom stereocenters. The van der Waals surface area contributed by atoms with E-state index in [2.05, 4.69) is 26.6 Å². The number of benzene rings is 4. The molecule has 1 aliphatic rings. The summed E-state index contributed by atoms with van der Waals surface area (Å²) in [5.41, 5.74) is 1.45. The number of imide groups is 1. The first-order valence-electron chi connectivity index (χ1n) is 13.7. The topological polar surface area (TPSA) is 148 Å². The minimum atomic E-state index is -0.735. The Morgan fingerprint density at radius 2 is 1.74 bits per heavy atom. The maximum absolute atomic E-state index is 13.5. The number of thioether (sulfide) groups is 1. The van der Waals surface area contributed by atoms with Gasteiger partial charge in [-0.3, -0.25) is 29.3 Å². The van der Waals surface area contributed by atoms with Gasteiger partial charge in [0, 0.05) is 34.7 Å². The van der Waals surface area contributed by atoms with E-state index >= 15 is 0 Å². The molecule has 4 aromatic carbocycles. The maximum atomic E-state index is 13.5. The predicted octanol–water partition coefficient (Wildman–Crippen LogP) is 6.20. The summed E-state index contributed by atoms with van der Waals surface area (Å²) in [5, 5.41) is 15.7. The van der Waals surface area contributed by atoms with E-state index in [4.69, 9.17) is 4.74 Å². The number of nitro groups is 1. The first kappa shape index (κ1) is 32.1. The van der Waals surface area contributed by atoms with Crippen LogP contribution in [0.1, 0.15) is 22.3 Å². The predicted molar refractivity (Wildman–Crippen MR) is 178 cm³/mol. The molecule has 1 heterocycles. The quantitative estimate of drug-likeness (QED) is 0.0860. The van der Waals surface area contributed by atoms with Gasteiger partial charge in [0.15, 0.2) is 0 Å². The van der Waals surface area contributed by atoms with Gasteiger partial charge in [-0.2, -0.15) is 0 Å². The average molecular weight is 702 g/mol. The molecule has 1 fully saturated rings. The van der Waals surface area contributed by atoms with Crippen LogP contribution in [-0.4, -0.2) is 40.9 Å². The number of carbonyl (C=O) groups excluding carboxylic acids is 4. The lowest BCUT2D eigenvalue weighted by Crippen LogP contribution is -2.31. The smallest absolute Gasteiger partial charge is 0.272 e. The van der Waals surface area contributed by atoms with Crippen molar-refractivity contribution in [3.05, 3.63) is 128 Å². The number of carbonyl (C=O) groups is 4. The molecule has 0 spiro atoms. The summed E-state index contributed by atoms with van der Waals surface area (Å²) in [6.45, 7) is 0. The average Bonchev–Trinajstić information content (AvgIpc) is 3.33. The zero-order valence-electron chi connectivity index (χ0n) is 24.1. The molecular formula is C33H25BrN4O7S. The first-order chi connectivity index (χ1) is 22.1. The van der Waals surface area contributed by atoms with Gasteiger partial charge < -0.3 is 15.4 Å². The van der Waals surface area contributed by atoms with Gasteiger partial charge in [-0.25, -0.2) is 4.90 Å². The fourth-order valence-electron chi connectivity index (χ4n) is 4.58. The second-order valence-corrected chi connectivity index (χ2v) is 12.0. The summed E-state index contributed by atoms with van der Waals surface area (Å²) in [6, 6.07) is 25.7. The van der Waals surface area contributed by atoms with E-state index in [1.165, 1.54) is 37.5 Å². The Kier molecular flexibility index (Phi) is 9.94. The van der Waals surface area contributed by atoms with Crippen molar-refractivity contribution in [3.63, 3.8) is 0 Å². The van der Waals surface area contributed by atoms with Gasteiger partial charge in [-0.15, -0.1) is 11.8 Å². The lowest BCUT2D eigenvalue weighted by molar-refractivity contribution is -0.384. The first-order valence-corrected chi connectivity index (χ1v) is 15.4. The fraction of sp³-hybridized carbons (Fsp3) is 0.0909. The van der Waals surface area contributed by atoms with Crippen molar-refractivity contribution >= 4 is 74.5 Å². The number of halogens is 1. The van der Waals surface area contributed by atoms with E-state index in [0.717, 1.165) is 21.1 Å². The Morgan fingerprint density at radius 3 is 2.43 bits per heavy atom. The molecule has 0 aromatic heterocycles. The van der Waals surface area contributed by atoms with Crippen molar-refractivity contribution in [2.75, 3.05) is 17.3 Å². The maximum Gasteiger partial charge on any atom is 0.272 e. The number of anilines is 2. The van der Waals surface area contributed by atoms with Crippen molar-refractivity contribution < 1.29 is 28.8 Å². The molecule has 11 nitrogen and oxygen atoms in total. The van der Waals surface area contributed by atoms with Crippen LogP contribution >= 0.6 is 27.7 Å². The molecule has 46 heavy (non-hydrogen) atoms. The van der Waals surface area contributed by atoms with Crippen LogP contribution in [0.25, 0.3) is 6.08 Å². The third kappa shape index (κ3) is 7.50. The summed E-state index contributed by atoms with van der Waals surface area (Å²) >= 11 is 4.57. The highest BCUT2D eigenvalue weighted by Gasteiger charge is 2.40. The van der Waals surface area contributed by atoms with Crippen molar-refractivity contribution in [1.29, 1.82) is 0 Å². The van der Waals surface area contributed by atoms with Crippen LogP contribution in [0.2, 0.25) is 0 Å². The molecule has 4 amide bonds. The molecular weight excluding hydrogens is 676 g/mol. The molecule has 0 bridgehead atoms. The summed E-state index contributed by atoms with van der Waals surface area (Å²) in [7, 11) is 1.52. The number of ether oxygens (including phenoxy) is 1. The molecule has 13 heteroatoms. The van der Waals surface area contributed by atoms with Gasteiger partial charge in [-0.1, -0.05) is 30.3 Å². The second kappa shape index (κ2) is 14.2. The van der Waals surface area contributed by atoms with Crippen molar-refractivity contribution in [1.82, 2.24) is 5.32 Å². The Morgan fingerprint density at radius 1 is 1.00 bits per heavy atom. The van der Waals surface area contributed by atoms with E-state index in [1.54, 1.807) is 72.8 Å². The zero-order chi connectivity index (χ0) is 32.8. The number of amides is 4. The summed E-state index contributed by atoms with van der Waals surface area (Å²) in [5.74, 6) is -1.40. The van der Waals surface area contributed by atoms with Crippen molar-refractivity contribution in [3.8, 4) is 5.75 Å². The van der Waals surface area contributed by atoms with Crippen LogP contribution in [0.5, 0.6) is 5.75 Å². The molecule has 1 atom stereocenters. The van der Waals surface area contributed by atoms with Gasteiger partial charge in [-0.05, 0) is 82.2 Å². The van der Waals surface area contributed by atoms with Crippen LogP contribution in [0.4, 0.5) is 17.1 Å². The molecule has 1 aliphatic heterocycles. The summed E-state index contributed by atoms with van der Waals surface area (Å²) < 4.78 is 6.08. The lowest BCUT2D eigenvalue weighted by Gasteiger charge is -2.15. The number of nitrogens with zero attached hydrogens (tertiary/aromatic N) is 2. The molecule has 2 N–H and O–H groups in total. The highest BCUT2D eigenvalue weighted by molar-refractivity contribution is 9.10. The molecule has 1 saturated heterocycles. The number of nitro benzene ring substituents is 1. The monoisotopic (exact) mass is 700 g/mol. The van der Waals surface area contributed by atoms with Crippen LogP contribution in [0.15, 0.2) is 112 Å². The van der Waals surface area contributed by atoms with Crippen LogP contribution in [-0.2, 0) is 14.4 Å². The summed E-state index contributed by atoms with van der Waals surface area (Å²) in [6.07, 6.45) is 1.46. The largest absolute Gasteiger partial charge is 0.496 e. The van der Waals surface area contributed by atoms with Crippen LogP contribution in [0, 0.1) is 10.1 Å². The molecule has 0 saturated carbocycles. The number of hydrogen-bond acceptors (Lipinski definition) is 8. The Labute approximate surface area is 275 Å². The van der Waals surface area contributed by atoms with Gasteiger partial charge in [0.05, 0.1) is 27.4 Å². The SMILES string of the molecule is COc1cc(/C=C(\NC(=O)c2ccccc2)C(=O)Nc2cccc(S[C@@H]3CC(=O)N(c4ccc([N+](=O)[O-])cc4)C3=O)c2)ccc1Br. The standard InChI is InChI=1S/C33H25BrN4O7S/c1-45-28-17-20(10-15-26(28)34)16-27(36-31(40)21-6-3-2-4-7-21)32(41)35-22-8-5-9-25(18-22)46-29-19-30(39)37(33(29)42)23-11-13-24(14-12-23)38(43)44/h2-18,29H,19H2,1H3,(H,35,41)(H,36,40)/b27-16-/t29-/m1/s1. The van der Waals surface area contributed by atoms with Gasteiger partial charge in [0.25, 0.3) is 17.5 Å². The zero-order valence-corrected chi connectivity index (χ0v) is 26.5. The number of non-ortho nitro benzene ring substituents is 1. The lowest BCUT2D eigenvalue weighted by atomic mass is 10.1. The van der Waals surface area contributed by atoms with E-state index in [1.807, 2.05) is 0 Å². The number of methoxy groups -OCH3 is 1. The molecule has 0 radical (unpaired) electrons. The summed E-state index contributed by atoms with van der Waals surface area (Å²) in [4.78, 5) is 64.5. The Bertz CT molecular complexity index is 1870. The molecule has 232 valence electrons. The molecule has 5 rings (SSSR count). The van der Waals surface area contributed by atoms with Crippen molar-refractivity contribution in [2.24, 2.45) is 0 Å². The van der Waals surface area contributed by atoms with Gasteiger partial charge in [0.1, 0.15) is 11.4 Å². The van der Waals surface area contributed by atoms with Gasteiger partial charge in [0.2, 0.25) is 11.8 Å². The second-order valence-electron chi connectivity index (χ2n) is 9.91. The fourth-order valence-corrected chi connectivity index (χ4v) is 6.10. The van der Waals surface area contributed by atoms with E-state index in [0.29, 0.717) is 27.5 Å². The normalized spacial score (nSPS) is 14.6. The highest BCUT2D eigenvalue weighted by Crippen LogP contribution is 2.35. The van der Waals surface area contributed by atoms with E-state index in [9.17, 15) is 29.3 Å². The number of hydrogen-bond donors (Lipinski definition) is 2. The van der Waals surface area contributed by atoms with Crippen LogP contribution < -0.4 is 20.3 Å².